The standard InChI is InChI=1S/C13H16FNO2/c1-9(10-2-4-12(14)5-3-10)15-7-6-11(8-15)13(16)17/h2-5,9,11H,6-8H2,1H3,(H,16,17)/t9-,11+/m0/s1. The Bertz CT molecular complexity index is 404. The first kappa shape index (κ1) is 12.0. The SMILES string of the molecule is C[C@@H](c1ccc(F)cc1)N1CC[C@@H](C(=O)O)C1. The summed E-state index contributed by atoms with van der Waals surface area (Å²) in [7, 11) is 0. The second kappa shape index (κ2) is 4.84. The first-order chi connectivity index (χ1) is 8.08. The molecule has 0 aromatic heterocycles. The Kier molecular flexibility index (Phi) is 3.43. The highest BCUT2D eigenvalue weighted by atomic mass is 19.1. The van der Waals surface area contributed by atoms with E-state index >= 15 is 0 Å². The summed E-state index contributed by atoms with van der Waals surface area (Å²) in [4.78, 5) is 13.0. The van der Waals surface area contributed by atoms with E-state index in [-0.39, 0.29) is 17.8 Å². The number of carbonyl (C=O) groups is 1. The van der Waals surface area contributed by atoms with E-state index in [1.165, 1.54) is 12.1 Å². The summed E-state index contributed by atoms with van der Waals surface area (Å²) >= 11 is 0. The lowest BCUT2D eigenvalue weighted by molar-refractivity contribution is -0.141. The van der Waals surface area contributed by atoms with Crippen molar-refractivity contribution in [2.45, 2.75) is 19.4 Å². The van der Waals surface area contributed by atoms with Crippen LogP contribution in [0.25, 0.3) is 0 Å². The molecule has 2 atom stereocenters. The Morgan fingerprint density at radius 3 is 2.65 bits per heavy atom. The van der Waals surface area contributed by atoms with Gasteiger partial charge in [0.25, 0.3) is 0 Å². The van der Waals surface area contributed by atoms with E-state index in [9.17, 15) is 9.18 Å². The van der Waals surface area contributed by atoms with Gasteiger partial charge in [0.2, 0.25) is 0 Å². The van der Waals surface area contributed by atoms with Crippen molar-refractivity contribution in [3.05, 3.63) is 35.6 Å². The van der Waals surface area contributed by atoms with Crippen LogP contribution in [0.1, 0.15) is 24.9 Å². The smallest absolute Gasteiger partial charge is 0.307 e. The number of benzene rings is 1. The fourth-order valence-electron chi connectivity index (χ4n) is 2.29. The monoisotopic (exact) mass is 237 g/mol. The van der Waals surface area contributed by atoms with Crippen LogP contribution in [-0.2, 0) is 4.79 Å². The lowest BCUT2D eigenvalue weighted by Gasteiger charge is -2.24. The predicted molar refractivity (Wildman–Crippen MR) is 62.1 cm³/mol. The van der Waals surface area contributed by atoms with Crippen LogP contribution in [0.4, 0.5) is 4.39 Å². The summed E-state index contributed by atoms with van der Waals surface area (Å²) in [6.07, 6.45) is 0.695. The fraction of sp³-hybridized carbons (Fsp3) is 0.462. The molecule has 92 valence electrons. The molecule has 1 aromatic rings. The highest BCUT2D eigenvalue weighted by Crippen LogP contribution is 2.27. The highest BCUT2D eigenvalue weighted by molar-refractivity contribution is 5.70. The quantitative estimate of drug-likeness (QED) is 0.876. The first-order valence-electron chi connectivity index (χ1n) is 5.80. The molecule has 0 bridgehead atoms. The lowest BCUT2D eigenvalue weighted by atomic mass is 10.1. The Balaban J connectivity index is 2.04. The number of aliphatic carboxylic acids is 1. The van der Waals surface area contributed by atoms with E-state index in [1.54, 1.807) is 12.1 Å². The molecule has 17 heavy (non-hydrogen) atoms. The molecule has 2 rings (SSSR count). The molecule has 1 heterocycles. The van der Waals surface area contributed by atoms with Gasteiger partial charge in [0.15, 0.2) is 0 Å². The summed E-state index contributed by atoms with van der Waals surface area (Å²) in [6, 6.07) is 6.54. The number of halogens is 1. The maximum atomic E-state index is 12.8. The van der Waals surface area contributed by atoms with Gasteiger partial charge in [0.05, 0.1) is 5.92 Å². The fourth-order valence-corrected chi connectivity index (χ4v) is 2.29. The number of carboxylic acids is 1. The molecule has 1 aliphatic rings. The summed E-state index contributed by atoms with van der Waals surface area (Å²) in [5, 5.41) is 8.94. The maximum Gasteiger partial charge on any atom is 0.307 e. The van der Waals surface area contributed by atoms with Gasteiger partial charge in [-0.25, -0.2) is 4.39 Å². The average Bonchev–Trinajstić information content (AvgIpc) is 2.78. The Hall–Kier alpha value is -1.42. The summed E-state index contributed by atoms with van der Waals surface area (Å²) in [6.45, 7) is 3.39. The summed E-state index contributed by atoms with van der Waals surface area (Å²) < 4.78 is 12.8. The number of likely N-dealkylation sites (tertiary alicyclic amines) is 1. The molecular formula is C13H16FNO2. The van der Waals surface area contributed by atoms with E-state index in [1.807, 2.05) is 6.92 Å². The van der Waals surface area contributed by atoms with Crippen LogP contribution in [0.2, 0.25) is 0 Å². The molecule has 0 amide bonds. The first-order valence-corrected chi connectivity index (χ1v) is 5.80. The second-order valence-electron chi connectivity index (χ2n) is 4.55. The number of rotatable bonds is 3. The zero-order valence-corrected chi connectivity index (χ0v) is 9.77. The molecule has 1 aromatic carbocycles. The van der Waals surface area contributed by atoms with Crippen molar-refractivity contribution in [1.82, 2.24) is 4.90 Å². The van der Waals surface area contributed by atoms with Crippen molar-refractivity contribution >= 4 is 5.97 Å². The number of nitrogens with zero attached hydrogens (tertiary/aromatic N) is 1. The molecule has 3 nitrogen and oxygen atoms in total. The van der Waals surface area contributed by atoms with E-state index in [0.29, 0.717) is 13.0 Å². The zero-order chi connectivity index (χ0) is 12.4. The average molecular weight is 237 g/mol. The van der Waals surface area contributed by atoms with Gasteiger partial charge in [-0.3, -0.25) is 9.69 Å². The second-order valence-corrected chi connectivity index (χ2v) is 4.55. The van der Waals surface area contributed by atoms with Gasteiger partial charge in [-0.15, -0.1) is 0 Å². The molecule has 0 unspecified atom stereocenters. The molecule has 1 fully saturated rings. The van der Waals surface area contributed by atoms with Crippen LogP contribution in [0.3, 0.4) is 0 Å². The molecule has 1 N–H and O–H groups in total. The molecule has 1 saturated heterocycles. The summed E-state index contributed by atoms with van der Waals surface area (Å²) in [5.74, 6) is -1.23. The third kappa shape index (κ3) is 2.64. The summed E-state index contributed by atoms with van der Waals surface area (Å²) in [5.41, 5.74) is 1.03. The largest absolute Gasteiger partial charge is 0.481 e. The van der Waals surface area contributed by atoms with Crippen LogP contribution >= 0.6 is 0 Å². The van der Waals surface area contributed by atoms with Gasteiger partial charge < -0.3 is 5.11 Å². The van der Waals surface area contributed by atoms with Gasteiger partial charge in [-0.05, 0) is 37.6 Å². The third-order valence-electron chi connectivity index (χ3n) is 3.47. The van der Waals surface area contributed by atoms with E-state index in [4.69, 9.17) is 5.11 Å². The topological polar surface area (TPSA) is 40.5 Å². The minimum absolute atomic E-state index is 0.139. The van der Waals surface area contributed by atoms with Crippen molar-refractivity contribution in [3.63, 3.8) is 0 Å². The molecule has 4 heteroatoms. The molecule has 0 aliphatic carbocycles. The van der Waals surface area contributed by atoms with Crippen molar-refractivity contribution in [2.75, 3.05) is 13.1 Å². The van der Waals surface area contributed by atoms with Gasteiger partial charge in [0.1, 0.15) is 5.82 Å². The van der Waals surface area contributed by atoms with Gasteiger partial charge in [-0.1, -0.05) is 12.1 Å². The van der Waals surface area contributed by atoms with E-state index in [2.05, 4.69) is 4.90 Å². The third-order valence-corrected chi connectivity index (χ3v) is 3.47. The molecule has 0 radical (unpaired) electrons. The number of carboxylic acid groups (broad SMARTS) is 1. The van der Waals surface area contributed by atoms with Crippen LogP contribution in [0.15, 0.2) is 24.3 Å². The van der Waals surface area contributed by atoms with E-state index < -0.39 is 5.97 Å². The van der Waals surface area contributed by atoms with Crippen molar-refractivity contribution < 1.29 is 14.3 Å². The Morgan fingerprint density at radius 2 is 2.12 bits per heavy atom. The molecule has 0 spiro atoms. The van der Waals surface area contributed by atoms with Gasteiger partial charge in [-0.2, -0.15) is 0 Å². The van der Waals surface area contributed by atoms with Crippen LogP contribution in [-0.4, -0.2) is 29.1 Å². The molecular weight excluding hydrogens is 221 g/mol. The van der Waals surface area contributed by atoms with Gasteiger partial charge in [0, 0.05) is 12.6 Å². The Labute approximate surface area is 99.9 Å². The molecule has 1 aliphatic heterocycles. The van der Waals surface area contributed by atoms with Crippen molar-refractivity contribution in [3.8, 4) is 0 Å². The highest BCUT2D eigenvalue weighted by Gasteiger charge is 2.30. The molecule has 0 saturated carbocycles. The minimum atomic E-state index is -0.723. The lowest BCUT2D eigenvalue weighted by Crippen LogP contribution is -2.26. The minimum Gasteiger partial charge on any atom is -0.481 e. The van der Waals surface area contributed by atoms with Crippen molar-refractivity contribution in [2.24, 2.45) is 5.92 Å². The van der Waals surface area contributed by atoms with Crippen molar-refractivity contribution in [1.29, 1.82) is 0 Å². The van der Waals surface area contributed by atoms with Crippen LogP contribution < -0.4 is 0 Å². The number of hydrogen-bond donors (Lipinski definition) is 1. The normalized spacial score (nSPS) is 22.6. The van der Waals surface area contributed by atoms with Gasteiger partial charge >= 0.3 is 5.97 Å². The maximum absolute atomic E-state index is 12.8. The van der Waals surface area contributed by atoms with Crippen LogP contribution in [0.5, 0.6) is 0 Å². The van der Waals surface area contributed by atoms with E-state index in [0.717, 1.165) is 12.1 Å². The number of hydrogen-bond acceptors (Lipinski definition) is 2. The zero-order valence-electron chi connectivity index (χ0n) is 9.77. The predicted octanol–water partition coefficient (Wildman–Crippen LogP) is 2.29. The van der Waals surface area contributed by atoms with Crippen LogP contribution in [0, 0.1) is 11.7 Å². The Morgan fingerprint density at radius 1 is 1.47 bits per heavy atom.